The van der Waals surface area contributed by atoms with E-state index >= 15 is 0 Å². The van der Waals surface area contributed by atoms with E-state index in [1.165, 1.54) is 13.8 Å². The van der Waals surface area contributed by atoms with Crippen molar-refractivity contribution in [3.63, 3.8) is 0 Å². The molecule has 24 nitrogen and oxygen atoms in total. The van der Waals surface area contributed by atoms with Crippen LogP contribution in [0.2, 0.25) is 0 Å². The minimum Gasteiger partial charge on any atom is -0.354 e. The molecular formula is C48H68N10O14. The van der Waals surface area contributed by atoms with Gasteiger partial charge in [0, 0.05) is 88.0 Å². The Labute approximate surface area is 417 Å². The van der Waals surface area contributed by atoms with Crippen LogP contribution in [-0.2, 0) is 67.1 Å². The predicted octanol–water partition coefficient (Wildman–Crippen LogP) is -2.09. The lowest BCUT2D eigenvalue weighted by Crippen LogP contribution is -2.66. The molecule has 0 aromatic heterocycles. The van der Waals surface area contributed by atoms with Gasteiger partial charge in [0.05, 0.1) is 0 Å². The molecule has 72 heavy (non-hydrogen) atoms. The number of ketones is 2. The van der Waals surface area contributed by atoms with Gasteiger partial charge in [-0.15, -0.1) is 0 Å². The molecule has 6 atom stereocenters. The summed E-state index contributed by atoms with van der Waals surface area (Å²) in [5, 5.41) is 21.1. The first-order valence-electron chi connectivity index (χ1n) is 24.5. The van der Waals surface area contributed by atoms with Crippen LogP contribution in [0.25, 0.3) is 0 Å². The van der Waals surface area contributed by atoms with Crippen LogP contribution in [0.15, 0.2) is 24.3 Å². The smallest absolute Gasteiger partial charge is 0.254 e. The van der Waals surface area contributed by atoms with E-state index in [4.69, 9.17) is 0 Å². The fourth-order valence-corrected chi connectivity index (χ4v) is 8.42. The predicted molar refractivity (Wildman–Crippen MR) is 254 cm³/mol. The van der Waals surface area contributed by atoms with Crippen LogP contribution < -0.4 is 42.5 Å². The number of carbonyl (C=O) groups excluding carboxylic acids is 14. The van der Waals surface area contributed by atoms with Crippen molar-refractivity contribution in [2.45, 2.75) is 167 Å². The highest BCUT2D eigenvalue weighted by Gasteiger charge is 2.50. The highest BCUT2D eigenvalue weighted by Crippen LogP contribution is 2.22. The van der Waals surface area contributed by atoms with Gasteiger partial charge in [0.2, 0.25) is 47.3 Å². The number of amides is 12. The molecule has 2 unspecified atom stereocenters. The van der Waals surface area contributed by atoms with Crippen molar-refractivity contribution >= 4 is 82.5 Å². The van der Waals surface area contributed by atoms with Gasteiger partial charge in [-0.3, -0.25) is 76.9 Å². The Morgan fingerprint density at radius 1 is 0.458 bits per heavy atom. The SMILES string of the molecule is CC(C)[C@H](NC(=O)CCCNC(=O)C(C(C(=O)NCCCC(=O)N[C@H](C(=O)N[C@@H](C)C(=O)NC1CCC(=O)CC1)C(C)C)N1C(=O)C=CC1=O)N1C(=O)C=CC1=O)C(=O)N[C@@H](C)C(=O)NC1CCC(=O)CC1. The topological polar surface area (TPSA) is 342 Å². The number of nitrogens with one attached hydrogen (secondary N) is 8. The van der Waals surface area contributed by atoms with Crippen LogP contribution in [0.1, 0.15) is 119 Å². The zero-order valence-electron chi connectivity index (χ0n) is 41.6. The third-order valence-corrected chi connectivity index (χ3v) is 12.7. The normalized spacial score (nSPS) is 18.8. The Bertz CT molecular complexity index is 2020. The van der Waals surface area contributed by atoms with E-state index < -0.39 is 119 Å². The van der Waals surface area contributed by atoms with Gasteiger partial charge >= 0.3 is 0 Å². The van der Waals surface area contributed by atoms with Crippen LogP contribution >= 0.6 is 0 Å². The third-order valence-electron chi connectivity index (χ3n) is 12.7. The Kier molecular flexibility index (Phi) is 21.5. The first kappa shape index (κ1) is 57.4. The maximum atomic E-state index is 14.0. The summed E-state index contributed by atoms with van der Waals surface area (Å²) >= 11 is 0. The Balaban J connectivity index is 1.34. The molecule has 0 radical (unpaired) electrons. The van der Waals surface area contributed by atoms with Gasteiger partial charge < -0.3 is 42.5 Å². The van der Waals surface area contributed by atoms with Crippen LogP contribution in [0, 0.1) is 11.8 Å². The number of Topliss-reactive ketones (excluding diaryl/α,β-unsaturated/α-hetero) is 2. The molecule has 4 aliphatic rings. The molecule has 2 saturated carbocycles. The fraction of sp³-hybridized carbons (Fsp3) is 0.625. The minimum absolute atomic E-state index is 0.0697. The maximum Gasteiger partial charge on any atom is 0.254 e. The van der Waals surface area contributed by atoms with Gasteiger partial charge in [0.15, 0.2) is 0 Å². The molecule has 4 rings (SSSR count). The number of hydrogen-bond donors (Lipinski definition) is 8. The molecule has 2 aliphatic carbocycles. The van der Waals surface area contributed by atoms with Gasteiger partial charge in [0.1, 0.15) is 47.8 Å². The Morgan fingerprint density at radius 3 is 1.06 bits per heavy atom. The van der Waals surface area contributed by atoms with E-state index in [2.05, 4.69) is 42.5 Å². The summed E-state index contributed by atoms with van der Waals surface area (Å²) in [4.78, 5) is 182. The molecule has 8 N–H and O–H groups in total. The van der Waals surface area contributed by atoms with Gasteiger partial charge in [-0.25, -0.2) is 0 Å². The van der Waals surface area contributed by atoms with Gasteiger partial charge in [-0.05, 0) is 64.2 Å². The second kappa shape index (κ2) is 26.9. The largest absolute Gasteiger partial charge is 0.354 e. The summed E-state index contributed by atoms with van der Waals surface area (Å²) in [6.45, 7) is 9.13. The number of carbonyl (C=O) groups is 14. The molecule has 0 saturated heterocycles. The monoisotopic (exact) mass is 1010 g/mol. The van der Waals surface area contributed by atoms with Crippen molar-refractivity contribution in [1.82, 2.24) is 52.3 Å². The quantitative estimate of drug-likeness (QED) is 0.0360. The lowest BCUT2D eigenvalue weighted by Gasteiger charge is -2.35. The molecule has 0 bridgehead atoms. The fourth-order valence-electron chi connectivity index (χ4n) is 8.42. The first-order valence-corrected chi connectivity index (χ1v) is 24.5. The summed E-state index contributed by atoms with van der Waals surface area (Å²) in [6, 6.07) is -8.64. The average Bonchev–Trinajstić information content (AvgIpc) is 3.83. The Morgan fingerprint density at radius 2 is 0.764 bits per heavy atom. The number of nitrogens with zero attached hydrogens (tertiary/aromatic N) is 2. The van der Waals surface area contributed by atoms with Crippen molar-refractivity contribution in [2.75, 3.05) is 13.1 Å². The van der Waals surface area contributed by atoms with Crippen molar-refractivity contribution in [1.29, 1.82) is 0 Å². The molecule has 24 heteroatoms. The summed E-state index contributed by atoms with van der Waals surface area (Å²) < 4.78 is 0. The standard InChI is InChI=1S/C48H68N10O14/c1-25(2)39(45(69)51-27(5)43(67)53-29-11-15-31(59)16-12-29)55-33(61)9-7-23-49-47(71)41(57-35(63)19-20-36(57)64)42(58-37(65)21-22-38(58)66)48(72)50-24-8-10-34(62)56-40(26(3)4)46(70)52-28(6)44(68)54-30-13-17-32(60)18-14-30/h19-22,25-30,39-42H,7-18,23-24H2,1-6H3,(H,49,71)(H,50,72)(H,51,69)(H,52,70)(H,53,67)(H,54,68)(H,55,61)(H,56,62)/t27-,28-,39-,40-,41?,42?/m0/s1. The molecule has 0 aromatic rings. The van der Waals surface area contributed by atoms with Crippen LogP contribution in [0.5, 0.6) is 0 Å². The minimum atomic E-state index is -2.11. The Hall–Kier alpha value is -7.14. The molecule has 2 fully saturated rings. The van der Waals surface area contributed by atoms with Crippen molar-refractivity contribution in [3.05, 3.63) is 24.3 Å². The number of rotatable bonds is 25. The third kappa shape index (κ3) is 16.5. The van der Waals surface area contributed by atoms with E-state index in [1.807, 2.05) is 0 Å². The summed E-state index contributed by atoms with van der Waals surface area (Å²) in [7, 11) is 0. The number of imide groups is 2. The zero-order chi connectivity index (χ0) is 53.4. The van der Waals surface area contributed by atoms with Crippen molar-refractivity contribution in [2.24, 2.45) is 11.8 Å². The van der Waals surface area contributed by atoms with Gasteiger partial charge in [-0.2, -0.15) is 0 Å². The molecule has 0 aromatic carbocycles. The highest BCUT2D eigenvalue weighted by atomic mass is 16.2. The molecule has 2 aliphatic heterocycles. The van der Waals surface area contributed by atoms with E-state index in [9.17, 15) is 67.1 Å². The van der Waals surface area contributed by atoms with E-state index in [1.54, 1.807) is 27.7 Å². The van der Waals surface area contributed by atoms with Crippen molar-refractivity contribution < 1.29 is 67.1 Å². The van der Waals surface area contributed by atoms with Crippen LogP contribution in [0.3, 0.4) is 0 Å². The van der Waals surface area contributed by atoms with Gasteiger partial charge in [0.25, 0.3) is 23.6 Å². The lowest BCUT2D eigenvalue weighted by atomic mass is 9.94. The average molecular weight is 1010 g/mol. The van der Waals surface area contributed by atoms with E-state index in [0.29, 0.717) is 61.2 Å². The summed E-state index contributed by atoms with van der Waals surface area (Å²) in [6.07, 6.45) is 6.14. The molecule has 12 amide bonds. The first-order chi connectivity index (χ1) is 34.0. The summed E-state index contributed by atoms with van der Waals surface area (Å²) in [5.41, 5.74) is 0. The molecule has 0 spiro atoms. The summed E-state index contributed by atoms with van der Waals surface area (Å²) in [5.74, 6) is -10.3. The lowest BCUT2D eigenvalue weighted by molar-refractivity contribution is -0.156. The second-order valence-electron chi connectivity index (χ2n) is 19.1. The van der Waals surface area contributed by atoms with Crippen LogP contribution in [0.4, 0.5) is 0 Å². The van der Waals surface area contributed by atoms with Crippen molar-refractivity contribution in [3.8, 4) is 0 Å². The second-order valence-corrected chi connectivity index (χ2v) is 19.1. The van der Waals surface area contributed by atoms with Gasteiger partial charge in [-0.1, -0.05) is 27.7 Å². The maximum absolute atomic E-state index is 14.0. The zero-order valence-corrected chi connectivity index (χ0v) is 41.6. The molecular weight excluding hydrogens is 941 g/mol. The van der Waals surface area contributed by atoms with Crippen LogP contribution in [-0.4, -0.2) is 154 Å². The van der Waals surface area contributed by atoms with E-state index in [0.717, 1.165) is 24.3 Å². The van der Waals surface area contributed by atoms with E-state index in [-0.39, 0.29) is 62.4 Å². The molecule has 394 valence electrons. The molecule has 2 heterocycles. The highest BCUT2D eigenvalue weighted by molar-refractivity contribution is 6.19. The number of hydrogen-bond acceptors (Lipinski definition) is 14.